The third-order valence-electron chi connectivity index (χ3n) is 2.50. The highest BCUT2D eigenvalue weighted by Crippen LogP contribution is 2.09. The second-order valence-electron chi connectivity index (χ2n) is 5.25. The summed E-state index contributed by atoms with van der Waals surface area (Å²) in [7, 11) is -1.01. The normalized spacial score (nSPS) is 12.1. The average Bonchev–Trinajstić information content (AvgIpc) is 2.53. The van der Waals surface area contributed by atoms with Crippen molar-refractivity contribution < 1.29 is 9.84 Å². The Labute approximate surface area is 98.3 Å². The van der Waals surface area contributed by atoms with Crippen LogP contribution in [0.2, 0.25) is 25.7 Å². The van der Waals surface area contributed by atoms with Crippen LogP contribution in [0.4, 0.5) is 0 Å². The van der Waals surface area contributed by atoms with Crippen LogP contribution in [0.1, 0.15) is 11.5 Å². The lowest BCUT2D eigenvalue weighted by Crippen LogP contribution is -2.22. The summed E-state index contributed by atoms with van der Waals surface area (Å²) in [5.41, 5.74) is 1.03. The average molecular weight is 242 g/mol. The molecule has 1 N–H and O–H groups in total. The molecule has 0 aliphatic rings. The van der Waals surface area contributed by atoms with Crippen LogP contribution in [-0.2, 0) is 18.1 Å². The Bertz CT molecular complexity index is 331. The lowest BCUT2D eigenvalue weighted by atomic mass is 10.5. The molecule has 1 aromatic rings. The lowest BCUT2D eigenvalue weighted by Gasteiger charge is -2.16. The minimum absolute atomic E-state index is 0.0365. The van der Waals surface area contributed by atoms with Crippen molar-refractivity contribution in [3.8, 4) is 0 Å². The fourth-order valence-electron chi connectivity index (χ4n) is 1.35. The molecule has 0 radical (unpaired) electrons. The SMILES string of the molecule is Cc1cnc(CO)n1COCC[Si](C)(C)C. The summed E-state index contributed by atoms with van der Waals surface area (Å²) < 4.78 is 7.53. The molecule has 0 aliphatic carbocycles. The minimum atomic E-state index is -1.01. The third kappa shape index (κ3) is 4.07. The fraction of sp³-hybridized carbons (Fsp3) is 0.727. The summed E-state index contributed by atoms with van der Waals surface area (Å²) in [4.78, 5) is 4.10. The largest absolute Gasteiger partial charge is 0.388 e. The van der Waals surface area contributed by atoms with Gasteiger partial charge in [-0.05, 0) is 13.0 Å². The van der Waals surface area contributed by atoms with Gasteiger partial charge in [0.15, 0.2) is 0 Å². The van der Waals surface area contributed by atoms with Gasteiger partial charge in [0.25, 0.3) is 0 Å². The first-order valence-corrected chi connectivity index (χ1v) is 9.34. The molecular weight excluding hydrogens is 220 g/mol. The van der Waals surface area contributed by atoms with Gasteiger partial charge < -0.3 is 14.4 Å². The standard InChI is InChI=1S/C11H22N2O2Si/c1-10-7-12-11(8-14)13(10)9-15-5-6-16(2,3)4/h7,14H,5-6,8-9H2,1-4H3. The molecule has 5 heteroatoms. The second kappa shape index (κ2) is 5.61. The van der Waals surface area contributed by atoms with Gasteiger partial charge in [-0.15, -0.1) is 0 Å². The molecule has 0 aliphatic heterocycles. The van der Waals surface area contributed by atoms with Crippen molar-refractivity contribution in [2.45, 2.75) is 45.9 Å². The van der Waals surface area contributed by atoms with Crippen LogP contribution in [0.15, 0.2) is 6.20 Å². The number of imidazole rings is 1. The Balaban J connectivity index is 2.40. The van der Waals surface area contributed by atoms with E-state index in [-0.39, 0.29) is 6.61 Å². The van der Waals surface area contributed by atoms with Crippen LogP contribution in [0.3, 0.4) is 0 Å². The van der Waals surface area contributed by atoms with Gasteiger partial charge in [-0.25, -0.2) is 4.98 Å². The molecule has 16 heavy (non-hydrogen) atoms. The Hall–Kier alpha value is -0.653. The highest BCUT2D eigenvalue weighted by Gasteiger charge is 2.12. The van der Waals surface area contributed by atoms with E-state index in [0.717, 1.165) is 18.3 Å². The van der Waals surface area contributed by atoms with E-state index in [1.165, 1.54) is 0 Å². The maximum absolute atomic E-state index is 9.09. The summed E-state index contributed by atoms with van der Waals surface area (Å²) in [6.07, 6.45) is 1.76. The smallest absolute Gasteiger partial charge is 0.136 e. The van der Waals surface area contributed by atoms with Crippen LogP contribution < -0.4 is 0 Å². The van der Waals surface area contributed by atoms with Crippen LogP contribution >= 0.6 is 0 Å². The highest BCUT2D eigenvalue weighted by molar-refractivity contribution is 6.76. The van der Waals surface area contributed by atoms with Crippen molar-refractivity contribution in [3.63, 3.8) is 0 Å². The van der Waals surface area contributed by atoms with Gasteiger partial charge in [0, 0.05) is 26.6 Å². The zero-order valence-electron chi connectivity index (χ0n) is 10.7. The first-order valence-electron chi connectivity index (χ1n) is 5.63. The summed E-state index contributed by atoms with van der Waals surface area (Å²) >= 11 is 0. The summed E-state index contributed by atoms with van der Waals surface area (Å²) in [6.45, 7) is 10.2. The molecule has 0 amide bonds. The molecule has 0 saturated heterocycles. The number of aliphatic hydroxyl groups excluding tert-OH is 1. The lowest BCUT2D eigenvalue weighted by molar-refractivity contribution is 0.0804. The molecule has 0 bridgehead atoms. The molecular formula is C11H22N2O2Si. The van der Waals surface area contributed by atoms with E-state index in [0.29, 0.717) is 12.6 Å². The van der Waals surface area contributed by atoms with E-state index >= 15 is 0 Å². The molecule has 1 heterocycles. The number of nitrogens with zero attached hydrogens (tertiary/aromatic N) is 2. The van der Waals surface area contributed by atoms with Crippen LogP contribution in [0.25, 0.3) is 0 Å². The van der Waals surface area contributed by atoms with E-state index < -0.39 is 8.07 Å². The predicted molar refractivity (Wildman–Crippen MR) is 67.0 cm³/mol. The quantitative estimate of drug-likeness (QED) is 0.613. The number of aliphatic hydroxyl groups is 1. The Kier molecular flexibility index (Phi) is 4.70. The minimum Gasteiger partial charge on any atom is -0.388 e. The van der Waals surface area contributed by atoms with E-state index in [1.54, 1.807) is 6.20 Å². The molecule has 0 spiro atoms. The Morgan fingerprint density at radius 1 is 1.44 bits per heavy atom. The Morgan fingerprint density at radius 3 is 2.69 bits per heavy atom. The molecule has 0 unspecified atom stereocenters. The number of ether oxygens (including phenoxy) is 1. The van der Waals surface area contributed by atoms with Gasteiger partial charge >= 0.3 is 0 Å². The zero-order chi connectivity index (χ0) is 12.2. The highest BCUT2D eigenvalue weighted by atomic mass is 28.3. The third-order valence-corrected chi connectivity index (χ3v) is 4.20. The summed E-state index contributed by atoms with van der Waals surface area (Å²) in [6, 6.07) is 1.16. The topological polar surface area (TPSA) is 47.3 Å². The van der Waals surface area contributed by atoms with E-state index in [9.17, 15) is 0 Å². The second-order valence-corrected chi connectivity index (χ2v) is 10.9. The van der Waals surface area contributed by atoms with Crippen molar-refractivity contribution in [1.29, 1.82) is 0 Å². The molecule has 0 aromatic carbocycles. The van der Waals surface area contributed by atoms with Gasteiger partial charge in [-0.3, -0.25) is 0 Å². The van der Waals surface area contributed by atoms with Gasteiger partial charge in [-0.2, -0.15) is 0 Å². The maximum Gasteiger partial charge on any atom is 0.136 e. The molecule has 4 nitrogen and oxygen atoms in total. The van der Waals surface area contributed by atoms with Gasteiger partial charge in [0.1, 0.15) is 19.2 Å². The van der Waals surface area contributed by atoms with Gasteiger partial charge in [0.2, 0.25) is 0 Å². The maximum atomic E-state index is 9.09. The van der Waals surface area contributed by atoms with E-state index in [1.807, 2.05) is 11.5 Å². The number of aryl methyl sites for hydroxylation is 1. The monoisotopic (exact) mass is 242 g/mol. The van der Waals surface area contributed by atoms with Crippen LogP contribution in [-0.4, -0.2) is 29.3 Å². The molecule has 0 atom stereocenters. The number of rotatable bonds is 6. The Morgan fingerprint density at radius 2 is 2.12 bits per heavy atom. The van der Waals surface area contributed by atoms with Crippen LogP contribution in [0, 0.1) is 6.92 Å². The molecule has 92 valence electrons. The summed E-state index contributed by atoms with van der Waals surface area (Å²) in [5, 5.41) is 9.09. The number of aromatic nitrogens is 2. The van der Waals surface area contributed by atoms with Crippen molar-refractivity contribution in [2.75, 3.05) is 6.61 Å². The van der Waals surface area contributed by atoms with E-state index in [2.05, 4.69) is 24.6 Å². The number of hydrogen-bond donors (Lipinski definition) is 1. The number of hydrogen-bond acceptors (Lipinski definition) is 3. The van der Waals surface area contributed by atoms with Gasteiger partial charge in [-0.1, -0.05) is 19.6 Å². The summed E-state index contributed by atoms with van der Waals surface area (Å²) in [5.74, 6) is 0.672. The molecule has 0 saturated carbocycles. The fourth-order valence-corrected chi connectivity index (χ4v) is 2.10. The van der Waals surface area contributed by atoms with Crippen molar-refractivity contribution >= 4 is 8.07 Å². The molecule has 1 rings (SSSR count). The zero-order valence-corrected chi connectivity index (χ0v) is 11.7. The van der Waals surface area contributed by atoms with Gasteiger partial charge in [0.05, 0.1) is 0 Å². The first-order chi connectivity index (χ1) is 7.44. The predicted octanol–water partition coefficient (Wildman–Crippen LogP) is 2.00. The van der Waals surface area contributed by atoms with Crippen molar-refractivity contribution in [1.82, 2.24) is 9.55 Å². The van der Waals surface area contributed by atoms with E-state index in [4.69, 9.17) is 9.84 Å². The van der Waals surface area contributed by atoms with Crippen LogP contribution in [0.5, 0.6) is 0 Å². The first kappa shape index (κ1) is 13.4. The molecule has 1 aromatic heterocycles. The van der Waals surface area contributed by atoms with Crippen molar-refractivity contribution in [2.24, 2.45) is 0 Å². The molecule has 0 fully saturated rings. The van der Waals surface area contributed by atoms with Crippen molar-refractivity contribution in [3.05, 3.63) is 17.7 Å².